The number of fused-ring (bicyclic) bond motifs is 2. The molecule has 3 aromatic heterocycles. The van der Waals surface area contributed by atoms with Gasteiger partial charge < -0.3 is 4.74 Å². The number of pyridine rings is 1. The van der Waals surface area contributed by atoms with Gasteiger partial charge in [-0.3, -0.25) is 14.4 Å². The number of benzene rings is 1. The van der Waals surface area contributed by atoms with Gasteiger partial charge in [0, 0.05) is 25.2 Å². The Morgan fingerprint density at radius 2 is 2.24 bits per heavy atom. The van der Waals surface area contributed by atoms with Gasteiger partial charge in [-0.05, 0) is 38.0 Å². The molecule has 4 aromatic rings. The number of anilines is 1. The molecule has 1 aromatic carbocycles. The molecule has 0 spiro atoms. The monoisotopic (exact) mass is 407 g/mol. The molecule has 29 heavy (non-hydrogen) atoms. The SMILES string of the molecule is Cc1nn(C)c2ncc(C(=O)N(C[C@H]3CCCO3)c3nc4ccccc4s3)cc12. The lowest BCUT2D eigenvalue weighted by atomic mass is 10.1. The molecule has 7 nitrogen and oxygen atoms in total. The highest BCUT2D eigenvalue weighted by atomic mass is 32.1. The minimum Gasteiger partial charge on any atom is -0.376 e. The first kappa shape index (κ1) is 18.2. The van der Waals surface area contributed by atoms with Crippen molar-refractivity contribution < 1.29 is 9.53 Å². The zero-order chi connectivity index (χ0) is 20.0. The molecule has 1 amide bonds. The Hall–Kier alpha value is -2.84. The fourth-order valence-corrected chi connectivity index (χ4v) is 4.77. The number of hydrogen-bond acceptors (Lipinski definition) is 6. The van der Waals surface area contributed by atoms with E-state index in [0.717, 1.165) is 46.4 Å². The third-order valence-corrected chi connectivity index (χ3v) is 6.34. The van der Waals surface area contributed by atoms with E-state index in [4.69, 9.17) is 9.72 Å². The molecule has 4 heterocycles. The Morgan fingerprint density at radius 1 is 1.38 bits per heavy atom. The van der Waals surface area contributed by atoms with Crippen molar-refractivity contribution in [1.82, 2.24) is 19.7 Å². The maximum absolute atomic E-state index is 13.5. The van der Waals surface area contributed by atoms with Crippen LogP contribution in [0.1, 0.15) is 28.9 Å². The first-order valence-corrected chi connectivity index (χ1v) is 10.5. The molecular weight excluding hydrogens is 386 g/mol. The Labute approximate surface area is 171 Å². The molecule has 1 aliphatic rings. The van der Waals surface area contributed by atoms with Gasteiger partial charge >= 0.3 is 0 Å². The van der Waals surface area contributed by atoms with Crippen LogP contribution in [0.4, 0.5) is 5.13 Å². The first-order valence-electron chi connectivity index (χ1n) is 9.68. The van der Waals surface area contributed by atoms with Gasteiger partial charge in [-0.25, -0.2) is 9.97 Å². The summed E-state index contributed by atoms with van der Waals surface area (Å²) in [5.41, 5.74) is 3.06. The van der Waals surface area contributed by atoms with Gasteiger partial charge in [0.2, 0.25) is 0 Å². The number of carbonyl (C=O) groups excluding carboxylic acids is 1. The van der Waals surface area contributed by atoms with Crippen molar-refractivity contribution >= 4 is 43.6 Å². The zero-order valence-electron chi connectivity index (χ0n) is 16.3. The smallest absolute Gasteiger partial charge is 0.261 e. The van der Waals surface area contributed by atoms with Gasteiger partial charge in [-0.15, -0.1) is 0 Å². The summed E-state index contributed by atoms with van der Waals surface area (Å²) in [6.07, 6.45) is 3.63. The summed E-state index contributed by atoms with van der Waals surface area (Å²) in [5, 5.41) is 5.98. The minimum absolute atomic E-state index is 0.0304. The minimum atomic E-state index is -0.114. The van der Waals surface area contributed by atoms with Gasteiger partial charge in [-0.1, -0.05) is 23.5 Å². The molecule has 148 valence electrons. The van der Waals surface area contributed by atoms with Crippen LogP contribution in [0.3, 0.4) is 0 Å². The molecule has 0 N–H and O–H groups in total. The predicted molar refractivity (Wildman–Crippen MR) is 114 cm³/mol. The van der Waals surface area contributed by atoms with E-state index in [0.29, 0.717) is 17.2 Å². The molecule has 1 aliphatic heterocycles. The number of carbonyl (C=O) groups is 1. The molecule has 0 radical (unpaired) electrons. The number of hydrogen-bond donors (Lipinski definition) is 0. The summed E-state index contributed by atoms with van der Waals surface area (Å²) in [5.74, 6) is -0.114. The molecule has 8 heteroatoms. The summed E-state index contributed by atoms with van der Waals surface area (Å²) in [4.78, 5) is 24.5. The highest BCUT2D eigenvalue weighted by molar-refractivity contribution is 7.22. The lowest BCUT2D eigenvalue weighted by Crippen LogP contribution is -2.37. The quantitative estimate of drug-likeness (QED) is 0.516. The van der Waals surface area contributed by atoms with E-state index in [-0.39, 0.29) is 12.0 Å². The van der Waals surface area contributed by atoms with Gasteiger partial charge in [0.05, 0.1) is 34.1 Å². The molecule has 0 bridgehead atoms. The largest absolute Gasteiger partial charge is 0.376 e. The average Bonchev–Trinajstić information content (AvgIpc) is 3.45. The highest BCUT2D eigenvalue weighted by Crippen LogP contribution is 2.31. The molecular formula is C21H21N5O2S. The van der Waals surface area contributed by atoms with Crippen LogP contribution in [0.2, 0.25) is 0 Å². The lowest BCUT2D eigenvalue weighted by molar-refractivity contribution is 0.0917. The molecule has 1 fully saturated rings. The van der Waals surface area contributed by atoms with Crippen molar-refractivity contribution in [3.63, 3.8) is 0 Å². The zero-order valence-corrected chi connectivity index (χ0v) is 17.1. The number of aromatic nitrogens is 4. The van der Waals surface area contributed by atoms with Crippen molar-refractivity contribution in [2.45, 2.75) is 25.9 Å². The van der Waals surface area contributed by atoms with Crippen LogP contribution < -0.4 is 4.90 Å². The maximum Gasteiger partial charge on any atom is 0.261 e. The van der Waals surface area contributed by atoms with Crippen molar-refractivity contribution in [1.29, 1.82) is 0 Å². The summed E-state index contributed by atoms with van der Waals surface area (Å²) >= 11 is 1.52. The Balaban J connectivity index is 1.55. The van der Waals surface area contributed by atoms with Gasteiger partial charge in [0.1, 0.15) is 0 Å². The van der Waals surface area contributed by atoms with Crippen molar-refractivity contribution in [2.24, 2.45) is 7.05 Å². The molecule has 0 saturated carbocycles. The standard InChI is InChI=1S/C21H21N5O2S/c1-13-16-10-14(11-22-19(16)25(2)24-13)20(27)26(12-15-6-5-9-28-15)21-23-17-7-3-4-8-18(17)29-21/h3-4,7-8,10-11,15H,5-6,9,12H2,1-2H3/t15-/m1/s1. The van der Waals surface area contributed by atoms with Crippen LogP contribution in [0.5, 0.6) is 0 Å². The van der Waals surface area contributed by atoms with Crippen LogP contribution in [0.25, 0.3) is 21.3 Å². The van der Waals surface area contributed by atoms with Crippen LogP contribution in [-0.2, 0) is 11.8 Å². The topological polar surface area (TPSA) is 73.1 Å². The van der Waals surface area contributed by atoms with E-state index in [1.54, 1.807) is 15.8 Å². The van der Waals surface area contributed by atoms with Crippen LogP contribution >= 0.6 is 11.3 Å². The van der Waals surface area contributed by atoms with Gasteiger partial charge in [0.15, 0.2) is 10.8 Å². The predicted octanol–water partition coefficient (Wildman–Crippen LogP) is 3.71. The summed E-state index contributed by atoms with van der Waals surface area (Å²) in [6, 6.07) is 9.82. The fourth-order valence-electron chi connectivity index (χ4n) is 3.80. The number of rotatable bonds is 4. The third-order valence-electron chi connectivity index (χ3n) is 5.28. The van der Waals surface area contributed by atoms with Crippen molar-refractivity contribution in [3.05, 3.63) is 47.8 Å². The van der Waals surface area contributed by atoms with Crippen molar-refractivity contribution in [3.8, 4) is 0 Å². The van der Waals surface area contributed by atoms with Gasteiger partial charge in [-0.2, -0.15) is 5.10 Å². The Bertz CT molecular complexity index is 1180. The number of amides is 1. The van der Waals surface area contributed by atoms with E-state index < -0.39 is 0 Å². The maximum atomic E-state index is 13.5. The number of nitrogens with zero attached hydrogens (tertiary/aromatic N) is 5. The number of thiazole rings is 1. The lowest BCUT2D eigenvalue weighted by Gasteiger charge is -2.23. The number of aryl methyl sites for hydroxylation is 2. The van der Waals surface area contributed by atoms with Crippen LogP contribution in [-0.4, -0.2) is 44.9 Å². The summed E-state index contributed by atoms with van der Waals surface area (Å²) in [6.45, 7) is 3.16. The van der Waals surface area contributed by atoms with E-state index in [1.165, 1.54) is 11.3 Å². The van der Waals surface area contributed by atoms with E-state index >= 15 is 0 Å². The van der Waals surface area contributed by atoms with E-state index in [2.05, 4.69) is 10.1 Å². The highest BCUT2D eigenvalue weighted by Gasteiger charge is 2.27. The molecule has 5 rings (SSSR count). The number of ether oxygens (including phenoxy) is 1. The first-order chi connectivity index (χ1) is 14.1. The Kier molecular flexibility index (Phi) is 4.52. The normalized spacial score (nSPS) is 16.7. The second-order valence-corrected chi connectivity index (χ2v) is 8.33. The second kappa shape index (κ2) is 7.20. The third kappa shape index (κ3) is 3.28. The average molecular weight is 407 g/mol. The van der Waals surface area contributed by atoms with Gasteiger partial charge in [0.25, 0.3) is 5.91 Å². The Morgan fingerprint density at radius 3 is 3.03 bits per heavy atom. The summed E-state index contributed by atoms with van der Waals surface area (Å²) < 4.78 is 8.60. The van der Waals surface area contributed by atoms with Crippen LogP contribution in [0, 0.1) is 6.92 Å². The fraction of sp³-hybridized carbons (Fsp3) is 0.333. The molecule has 1 atom stereocenters. The number of para-hydroxylation sites is 1. The van der Waals surface area contributed by atoms with E-state index in [1.807, 2.05) is 44.3 Å². The van der Waals surface area contributed by atoms with Crippen molar-refractivity contribution in [2.75, 3.05) is 18.1 Å². The van der Waals surface area contributed by atoms with E-state index in [9.17, 15) is 4.79 Å². The van der Waals surface area contributed by atoms with Crippen LogP contribution in [0.15, 0.2) is 36.5 Å². The summed E-state index contributed by atoms with van der Waals surface area (Å²) in [7, 11) is 1.86. The second-order valence-electron chi connectivity index (χ2n) is 7.32. The molecule has 0 unspecified atom stereocenters. The molecule has 1 saturated heterocycles. The molecule has 0 aliphatic carbocycles.